The fraction of sp³-hybridized carbons (Fsp3) is 0.250. The predicted octanol–water partition coefficient (Wildman–Crippen LogP) is 4.63. The summed E-state index contributed by atoms with van der Waals surface area (Å²) in [5.41, 5.74) is 1.78. The van der Waals surface area contributed by atoms with E-state index in [9.17, 15) is 8.78 Å². The van der Waals surface area contributed by atoms with E-state index in [1.807, 2.05) is 31.2 Å². The zero-order chi connectivity index (χ0) is 14.3. The highest BCUT2D eigenvalue weighted by Gasteiger charge is 2.59. The van der Waals surface area contributed by atoms with Gasteiger partial charge in [0.2, 0.25) is 0 Å². The number of epoxide rings is 1. The second-order valence-electron chi connectivity index (χ2n) is 5.00. The van der Waals surface area contributed by atoms with Gasteiger partial charge in [-0.1, -0.05) is 46.3 Å². The molecule has 1 saturated heterocycles. The first-order valence-electron chi connectivity index (χ1n) is 6.33. The molecule has 1 fully saturated rings. The maximum Gasteiger partial charge on any atom is 0.137 e. The Kier molecular flexibility index (Phi) is 3.38. The van der Waals surface area contributed by atoms with E-state index in [-0.39, 0.29) is 6.10 Å². The van der Waals surface area contributed by atoms with Crippen LogP contribution in [0.3, 0.4) is 0 Å². The van der Waals surface area contributed by atoms with Gasteiger partial charge in [-0.2, -0.15) is 0 Å². The van der Waals surface area contributed by atoms with E-state index >= 15 is 0 Å². The van der Waals surface area contributed by atoms with Crippen molar-refractivity contribution in [2.45, 2.75) is 18.6 Å². The summed E-state index contributed by atoms with van der Waals surface area (Å²) in [6, 6.07) is 11.5. The van der Waals surface area contributed by atoms with E-state index in [0.29, 0.717) is 10.9 Å². The van der Waals surface area contributed by atoms with Gasteiger partial charge in [0.1, 0.15) is 23.3 Å². The summed E-state index contributed by atoms with van der Waals surface area (Å²) in [6.07, 6.45) is -0.206. The Hall–Kier alpha value is -1.26. The number of halogens is 3. The largest absolute Gasteiger partial charge is 0.355 e. The second-order valence-corrected chi connectivity index (χ2v) is 5.56. The summed E-state index contributed by atoms with van der Waals surface area (Å²) in [7, 11) is 0. The standard InChI is InChI=1S/C16H13BrF2O/c1-10-4-2-3-5-12(10)15-16(9-17,20-15)13-7-6-11(18)8-14(13)19/h2-8,15H,9H2,1H3. The van der Waals surface area contributed by atoms with Crippen molar-refractivity contribution < 1.29 is 13.5 Å². The van der Waals surface area contributed by atoms with Gasteiger partial charge in [0, 0.05) is 17.0 Å². The van der Waals surface area contributed by atoms with Crippen molar-refractivity contribution in [3.8, 4) is 0 Å². The van der Waals surface area contributed by atoms with Crippen LogP contribution in [0.4, 0.5) is 8.78 Å². The fourth-order valence-electron chi connectivity index (χ4n) is 2.58. The maximum atomic E-state index is 14.0. The molecule has 3 rings (SSSR count). The maximum absolute atomic E-state index is 14.0. The summed E-state index contributed by atoms with van der Waals surface area (Å²) in [5.74, 6) is -1.15. The highest BCUT2D eigenvalue weighted by molar-refractivity contribution is 9.09. The second kappa shape index (κ2) is 4.93. The molecule has 0 bridgehead atoms. The molecular weight excluding hydrogens is 326 g/mol. The topological polar surface area (TPSA) is 12.5 Å². The zero-order valence-corrected chi connectivity index (χ0v) is 12.5. The van der Waals surface area contributed by atoms with Crippen molar-refractivity contribution in [3.05, 3.63) is 70.8 Å². The van der Waals surface area contributed by atoms with E-state index in [0.717, 1.165) is 17.2 Å². The summed E-state index contributed by atoms with van der Waals surface area (Å²) in [6.45, 7) is 2.00. The van der Waals surface area contributed by atoms with Gasteiger partial charge in [0.15, 0.2) is 0 Å². The number of alkyl halides is 1. The molecule has 0 saturated carbocycles. The Morgan fingerprint density at radius 2 is 1.95 bits per heavy atom. The van der Waals surface area contributed by atoms with E-state index in [4.69, 9.17) is 4.74 Å². The van der Waals surface area contributed by atoms with Crippen LogP contribution in [0.1, 0.15) is 22.8 Å². The van der Waals surface area contributed by atoms with Crippen molar-refractivity contribution >= 4 is 15.9 Å². The smallest absolute Gasteiger partial charge is 0.137 e. The predicted molar refractivity (Wildman–Crippen MR) is 76.8 cm³/mol. The van der Waals surface area contributed by atoms with Gasteiger partial charge in [-0.25, -0.2) is 8.78 Å². The highest BCUT2D eigenvalue weighted by Crippen LogP contribution is 2.59. The monoisotopic (exact) mass is 338 g/mol. The lowest BCUT2D eigenvalue weighted by molar-refractivity contribution is 0.312. The fourth-order valence-corrected chi connectivity index (χ4v) is 3.31. The van der Waals surface area contributed by atoms with Crippen LogP contribution in [0, 0.1) is 18.6 Å². The van der Waals surface area contributed by atoms with Gasteiger partial charge in [0.05, 0.1) is 0 Å². The Bertz CT molecular complexity index is 659. The van der Waals surface area contributed by atoms with E-state index < -0.39 is 17.2 Å². The van der Waals surface area contributed by atoms with Gasteiger partial charge < -0.3 is 4.74 Å². The molecule has 1 aliphatic rings. The molecule has 2 atom stereocenters. The van der Waals surface area contributed by atoms with Crippen LogP contribution in [-0.2, 0) is 10.3 Å². The lowest BCUT2D eigenvalue weighted by atomic mass is 9.91. The lowest BCUT2D eigenvalue weighted by Crippen LogP contribution is -2.14. The Morgan fingerprint density at radius 3 is 2.60 bits per heavy atom. The molecule has 0 aromatic heterocycles. The summed E-state index contributed by atoms with van der Waals surface area (Å²) in [5, 5.41) is 0.460. The first-order valence-corrected chi connectivity index (χ1v) is 7.45. The third-order valence-corrected chi connectivity index (χ3v) is 4.58. The molecule has 0 radical (unpaired) electrons. The molecular formula is C16H13BrF2O. The SMILES string of the molecule is Cc1ccccc1C1OC1(CBr)c1ccc(F)cc1F. The van der Waals surface area contributed by atoms with Gasteiger partial charge in [-0.15, -0.1) is 0 Å². The molecule has 0 spiro atoms. The van der Waals surface area contributed by atoms with Crippen molar-refractivity contribution in [3.63, 3.8) is 0 Å². The molecule has 2 aromatic rings. The van der Waals surface area contributed by atoms with Gasteiger partial charge >= 0.3 is 0 Å². The molecule has 0 N–H and O–H groups in total. The van der Waals surface area contributed by atoms with Crippen molar-refractivity contribution in [2.24, 2.45) is 0 Å². The van der Waals surface area contributed by atoms with Crippen LogP contribution >= 0.6 is 15.9 Å². The van der Waals surface area contributed by atoms with Crippen LogP contribution < -0.4 is 0 Å². The minimum atomic E-state index is -0.746. The molecule has 4 heteroatoms. The first-order chi connectivity index (χ1) is 9.58. The molecule has 20 heavy (non-hydrogen) atoms. The highest BCUT2D eigenvalue weighted by atomic mass is 79.9. The average Bonchev–Trinajstić information content (AvgIpc) is 3.15. The normalized spacial score (nSPS) is 24.7. The molecule has 2 aromatic carbocycles. The molecule has 104 valence electrons. The van der Waals surface area contributed by atoms with E-state index in [1.54, 1.807) is 0 Å². The summed E-state index contributed by atoms with van der Waals surface area (Å²) < 4.78 is 32.9. The first kappa shape index (κ1) is 13.7. The van der Waals surface area contributed by atoms with Crippen LogP contribution in [0.15, 0.2) is 42.5 Å². The van der Waals surface area contributed by atoms with Gasteiger partial charge in [0.25, 0.3) is 0 Å². The van der Waals surface area contributed by atoms with Crippen molar-refractivity contribution in [1.29, 1.82) is 0 Å². The number of hydrogen-bond acceptors (Lipinski definition) is 1. The number of benzene rings is 2. The van der Waals surface area contributed by atoms with Crippen molar-refractivity contribution in [2.75, 3.05) is 5.33 Å². The van der Waals surface area contributed by atoms with Crippen LogP contribution in [-0.4, -0.2) is 5.33 Å². The molecule has 2 unspecified atom stereocenters. The Morgan fingerprint density at radius 1 is 1.20 bits per heavy atom. The van der Waals surface area contributed by atoms with Gasteiger partial charge in [-0.3, -0.25) is 0 Å². The summed E-state index contributed by atoms with van der Waals surface area (Å²) in [4.78, 5) is 0. The summed E-state index contributed by atoms with van der Waals surface area (Å²) >= 11 is 3.40. The van der Waals surface area contributed by atoms with E-state index in [1.165, 1.54) is 12.1 Å². The van der Waals surface area contributed by atoms with Crippen LogP contribution in [0.2, 0.25) is 0 Å². The van der Waals surface area contributed by atoms with Crippen molar-refractivity contribution in [1.82, 2.24) is 0 Å². The lowest BCUT2D eigenvalue weighted by Gasteiger charge is -2.12. The number of aryl methyl sites for hydroxylation is 1. The molecule has 0 aliphatic carbocycles. The molecule has 1 nitrogen and oxygen atoms in total. The average molecular weight is 339 g/mol. The third kappa shape index (κ3) is 2.07. The molecule has 0 amide bonds. The Labute approximate surface area is 124 Å². The minimum absolute atomic E-state index is 0.206. The Balaban J connectivity index is 2.02. The zero-order valence-electron chi connectivity index (χ0n) is 10.9. The molecule has 1 aliphatic heterocycles. The third-order valence-electron chi connectivity index (χ3n) is 3.75. The van der Waals surface area contributed by atoms with Crippen LogP contribution in [0.25, 0.3) is 0 Å². The number of hydrogen-bond donors (Lipinski definition) is 0. The number of ether oxygens (including phenoxy) is 1. The van der Waals surface area contributed by atoms with Crippen LogP contribution in [0.5, 0.6) is 0 Å². The van der Waals surface area contributed by atoms with Gasteiger partial charge in [-0.05, 0) is 24.1 Å². The number of rotatable bonds is 3. The van der Waals surface area contributed by atoms with E-state index in [2.05, 4.69) is 15.9 Å². The minimum Gasteiger partial charge on any atom is -0.355 e. The molecule has 1 heterocycles. The quantitative estimate of drug-likeness (QED) is 0.587.